The van der Waals surface area contributed by atoms with E-state index in [0.29, 0.717) is 0 Å². The van der Waals surface area contributed by atoms with E-state index in [9.17, 15) is 4.79 Å². The van der Waals surface area contributed by atoms with Gasteiger partial charge in [0.05, 0.1) is 5.52 Å². The van der Waals surface area contributed by atoms with Crippen LogP contribution in [0.25, 0.3) is 10.9 Å². The summed E-state index contributed by atoms with van der Waals surface area (Å²) < 4.78 is 2.33. The minimum atomic E-state index is 0.169. The molecule has 0 aliphatic carbocycles. The van der Waals surface area contributed by atoms with E-state index in [0.717, 1.165) is 35.5 Å². The van der Waals surface area contributed by atoms with Crippen LogP contribution >= 0.6 is 0 Å². The van der Waals surface area contributed by atoms with Crippen LogP contribution in [0.2, 0.25) is 0 Å². The number of rotatable bonds is 9. The normalized spacial score (nSPS) is 24.4. The van der Waals surface area contributed by atoms with Gasteiger partial charge in [0.1, 0.15) is 0 Å². The number of benzene rings is 1. The number of unbranched alkanes of at least 4 members (excludes halogenated alkanes) is 2. The number of fused-ring (bicyclic) bond motifs is 3. The molecule has 2 atom stereocenters. The largest absolute Gasteiger partial charge is 0.346 e. The fourth-order valence-electron chi connectivity index (χ4n) is 6.10. The highest BCUT2D eigenvalue weighted by molar-refractivity contribution is 6.07. The zero-order valence-electron chi connectivity index (χ0n) is 18.6. The Morgan fingerprint density at radius 1 is 1.07 bits per heavy atom. The van der Waals surface area contributed by atoms with Crippen molar-refractivity contribution in [3.05, 3.63) is 35.5 Å². The smallest absolute Gasteiger partial charge is 0.161 e. The third-order valence-corrected chi connectivity index (χ3v) is 7.49. The predicted octanol–water partition coefficient (Wildman–Crippen LogP) is 6.37. The topological polar surface area (TPSA) is 25.2 Å². The molecule has 1 aromatic heterocycles. The second kappa shape index (κ2) is 9.04. The number of nitrogens with zero attached hydrogens (tertiary/aromatic N) is 2. The molecular formula is C26H38N2O. The summed E-state index contributed by atoms with van der Waals surface area (Å²) in [4.78, 5) is 14.9. The van der Waals surface area contributed by atoms with Gasteiger partial charge in [-0.2, -0.15) is 0 Å². The van der Waals surface area contributed by atoms with Crippen molar-refractivity contribution in [2.45, 2.75) is 97.2 Å². The highest BCUT2D eigenvalue weighted by atomic mass is 16.1. The summed E-state index contributed by atoms with van der Waals surface area (Å²) in [5.74, 6) is 1.15. The van der Waals surface area contributed by atoms with Crippen LogP contribution in [0.1, 0.15) is 87.6 Å². The maximum atomic E-state index is 12.1. The van der Waals surface area contributed by atoms with Crippen LogP contribution in [-0.2, 0) is 6.54 Å². The molecule has 0 saturated carbocycles. The molecule has 2 bridgehead atoms. The number of aryl methyl sites for hydroxylation is 2. The first-order valence-electron chi connectivity index (χ1n) is 11.9. The van der Waals surface area contributed by atoms with E-state index in [4.69, 9.17) is 0 Å². The van der Waals surface area contributed by atoms with Crippen molar-refractivity contribution in [1.29, 1.82) is 0 Å². The fourth-order valence-corrected chi connectivity index (χ4v) is 6.10. The van der Waals surface area contributed by atoms with Gasteiger partial charge in [0.25, 0.3) is 0 Å². The third kappa shape index (κ3) is 4.30. The molecule has 2 aliphatic heterocycles. The molecule has 3 heteroatoms. The van der Waals surface area contributed by atoms with Crippen LogP contribution in [-0.4, -0.2) is 33.9 Å². The lowest BCUT2D eigenvalue weighted by atomic mass is 9.86. The Bertz CT molecular complexity index is 838. The molecular weight excluding hydrogens is 356 g/mol. The standard InChI is InChI=1S/C26H38N2O/c1-4-5-6-10-21-16-22-12-13-23(17-21)28(22)15-8-14-27-18-25(20(3)29)24-11-7-9-19(2)26(24)27/h7,9,11,18,21-23H,4-6,8,10,12-17H2,1-3H3. The van der Waals surface area contributed by atoms with Crippen LogP contribution in [0.4, 0.5) is 0 Å². The molecule has 4 rings (SSSR count). The number of para-hydroxylation sites is 1. The van der Waals surface area contributed by atoms with Crippen LogP contribution in [0, 0.1) is 12.8 Å². The quantitative estimate of drug-likeness (QED) is 0.365. The molecule has 29 heavy (non-hydrogen) atoms. The number of carbonyl (C=O) groups is 1. The maximum absolute atomic E-state index is 12.1. The number of hydrogen-bond acceptors (Lipinski definition) is 2. The highest BCUT2D eigenvalue weighted by Gasteiger charge is 2.39. The van der Waals surface area contributed by atoms with E-state index in [-0.39, 0.29) is 5.78 Å². The summed E-state index contributed by atoms with van der Waals surface area (Å²) >= 11 is 0. The molecule has 2 unspecified atom stereocenters. The molecule has 0 radical (unpaired) electrons. The molecule has 2 saturated heterocycles. The predicted molar refractivity (Wildman–Crippen MR) is 122 cm³/mol. The summed E-state index contributed by atoms with van der Waals surface area (Å²) in [5, 5.41) is 1.12. The van der Waals surface area contributed by atoms with E-state index in [1.807, 2.05) is 0 Å². The molecule has 1 aromatic carbocycles. The van der Waals surface area contributed by atoms with Crippen molar-refractivity contribution < 1.29 is 4.79 Å². The molecule has 158 valence electrons. The summed E-state index contributed by atoms with van der Waals surface area (Å²) in [6, 6.07) is 7.98. The Labute approximate surface area is 176 Å². The van der Waals surface area contributed by atoms with E-state index >= 15 is 0 Å². The number of hydrogen-bond donors (Lipinski definition) is 0. The number of Topliss-reactive ketones (excluding diaryl/α,β-unsaturated/α-hetero) is 1. The van der Waals surface area contributed by atoms with Gasteiger partial charge in [0.15, 0.2) is 5.78 Å². The first-order chi connectivity index (χ1) is 14.1. The number of carbonyl (C=O) groups excluding carboxylic acids is 1. The van der Waals surface area contributed by atoms with Crippen LogP contribution in [0.5, 0.6) is 0 Å². The van der Waals surface area contributed by atoms with Gasteiger partial charge in [-0.25, -0.2) is 0 Å². The van der Waals surface area contributed by atoms with Crippen molar-refractivity contribution in [3.8, 4) is 0 Å². The molecule has 2 aliphatic rings. The van der Waals surface area contributed by atoms with Gasteiger partial charge in [-0.15, -0.1) is 0 Å². The lowest BCUT2D eigenvalue weighted by molar-refractivity contribution is 0.0966. The maximum Gasteiger partial charge on any atom is 0.161 e. The Morgan fingerprint density at radius 3 is 2.52 bits per heavy atom. The summed E-state index contributed by atoms with van der Waals surface area (Å²) in [5.41, 5.74) is 3.38. The van der Waals surface area contributed by atoms with Gasteiger partial charge in [-0.05, 0) is 57.4 Å². The fraction of sp³-hybridized carbons (Fsp3) is 0.654. The number of aromatic nitrogens is 1. The van der Waals surface area contributed by atoms with Crippen molar-refractivity contribution >= 4 is 16.7 Å². The van der Waals surface area contributed by atoms with E-state index < -0.39 is 0 Å². The lowest BCUT2D eigenvalue weighted by Gasteiger charge is -2.39. The Kier molecular flexibility index (Phi) is 6.44. The van der Waals surface area contributed by atoms with Crippen molar-refractivity contribution in [1.82, 2.24) is 9.47 Å². The van der Waals surface area contributed by atoms with Crippen molar-refractivity contribution in [2.24, 2.45) is 5.92 Å². The summed E-state index contributed by atoms with van der Waals surface area (Å²) in [7, 11) is 0. The van der Waals surface area contributed by atoms with E-state index in [1.54, 1.807) is 6.92 Å². The second-order valence-corrected chi connectivity index (χ2v) is 9.57. The van der Waals surface area contributed by atoms with Gasteiger partial charge >= 0.3 is 0 Å². The van der Waals surface area contributed by atoms with Gasteiger partial charge in [0, 0.05) is 42.3 Å². The first-order valence-corrected chi connectivity index (χ1v) is 11.9. The Morgan fingerprint density at radius 2 is 1.83 bits per heavy atom. The zero-order valence-corrected chi connectivity index (χ0v) is 18.6. The first kappa shape index (κ1) is 20.7. The molecule has 2 fully saturated rings. The van der Waals surface area contributed by atoms with Gasteiger partial charge in [-0.1, -0.05) is 50.8 Å². The molecule has 0 spiro atoms. The van der Waals surface area contributed by atoms with Crippen molar-refractivity contribution in [3.63, 3.8) is 0 Å². The second-order valence-electron chi connectivity index (χ2n) is 9.57. The number of piperidine rings is 1. The average molecular weight is 395 g/mol. The van der Waals surface area contributed by atoms with E-state index in [1.165, 1.54) is 75.4 Å². The zero-order chi connectivity index (χ0) is 20.4. The number of ketones is 1. The van der Waals surface area contributed by atoms with Gasteiger partial charge in [-0.3, -0.25) is 9.69 Å². The minimum Gasteiger partial charge on any atom is -0.346 e. The van der Waals surface area contributed by atoms with Crippen LogP contribution in [0.15, 0.2) is 24.4 Å². The molecule has 3 heterocycles. The van der Waals surface area contributed by atoms with Crippen molar-refractivity contribution in [2.75, 3.05) is 6.54 Å². The summed E-state index contributed by atoms with van der Waals surface area (Å²) in [6.45, 7) is 8.36. The van der Waals surface area contributed by atoms with Crippen LogP contribution in [0.3, 0.4) is 0 Å². The SMILES string of the molecule is CCCCCC1CC2CCC(C1)N2CCCn1cc(C(C)=O)c2cccc(C)c21. The van der Waals surface area contributed by atoms with Gasteiger partial charge < -0.3 is 4.57 Å². The summed E-state index contributed by atoms with van der Waals surface area (Å²) in [6.07, 6.45) is 14.6. The monoisotopic (exact) mass is 394 g/mol. The Balaban J connectivity index is 1.37. The molecule has 3 nitrogen and oxygen atoms in total. The highest BCUT2D eigenvalue weighted by Crippen LogP contribution is 2.40. The van der Waals surface area contributed by atoms with E-state index in [2.05, 4.69) is 47.7 Å². The average Bonchev–Trinajstić information content (AvgIpc) is 3.18. The third-order valence-electron chi connectivity index (χ3n) is 7.49. The Hall–Kier alpha value is -1.61. The van der Waals surface area contributed by atoms with Gasteiger partial charge in [0.2, 0.25) is 0 Å². The van der Waals surface area contributed by atoms with Crippen LogP contribution < -0.4 is 0 Å². The minimum absolute atomic E-state index is 0.169. The molecule has 0 amide bonds. The lowest BCUT2D eigenvalue weighted by Crippen LogP contribution is -2.43. The molecule has 0 N–H and O–H groups in total. The molecule has 2 aromatic rings.